The number of primary amides is 1. The molecule has 13 heavy (non-hydrogen) atoms. The van der Waals surface area contributed by atoms with Crippen LogP contribution < -0.4 is 5.73 Å². The molecular formula is C10H10N2O. The Morgan fingerprint density at radius 3 is 2.92 bits per heavy atom. The van der Waals surface area contributed by atoms with Gasteiger partial charge in [0, 0.05) is 23.5 Å². The molecule has 0 radical (unpaired) electrons. The van der Waals surface area contributed by atoms with Crippen LogP contribution in [0.25, 0.3) is 5.52 Å². The molecule has 0 unspecified atom stereocenters. The number of nitrogens with two attached hydrogens (primary N) is 1. The Balaban J connectivity index is 2.67. The fourth-order valence-corrected chi connectivity index (χ4v) is 1.41. The number of carbonyl (C=O) groups excluding carboxylic acids is 1. The minimum Gasteiger partial charge on any atom is -0.366 e. The van der Waals surface area contributed by atoms with Crippen LogP contribution in [0, 0.1) is 6.92 Å². The van der Waals surface area contributed by atoms with Crippen LogP contribution >= 0.6 is 0 Å². The minimum atomic E-state index is -0.388. The summed E-state index contributed by atoms with van der Waals surface area (Å²) in [6.45, 7) is 2.01. The van der Waals surface area contributed by atoms with E-state index in [2.05, 4.69) is 0 Å². The number of aryl methyl sites for hydroxylation is 1. The van der Waals surface area contributed by atoms with Crippen molar-refractivity contribution in [1.29, 1.82) is 0 Å². The molecule has 2 rings (SSSR count). The zero-order valence-corrected chi connectivity index (χ0v) is 7.32. The molecule has 3 heteroatoms. The van der Waals surface area contributed by atoms with Crippen molar-refractivity contribution in [3.63, 3.8) is 0 Å². The number of amides is 1. The first kappa shape index (κ1) is 7.86. The summed E-state index contributed by atoms with van der Waals surface area (Å²) in [5, 5.41) is 0. The first-order chi connectivity index (χ1) is 6.16. The molecule has 0 atom stereocenters. The van der Waals surface area contributed by atoms with Gasteiger partial charge in [0.15, 0.2) is 0 Å². The van der Waals surface area contributed by atoms with Crippen molar-refractivity contribution in [3.05, 3.63) is 41.7 Å². The maximum absolute atomic E-state index is 10.9. The maximum atomic E-state index is 10.9. The van der Waals surface area contributed by atoms with Crippen molar-refractivity contribution in [2.75, 3.05) is 0 Å². The molecule has 0 aromatic carbocycles. The van der Waals surface area contributed by atoms with E-state index in [-0.39, 0.29) is 5.91 Å². The topological polar surface area (TPSA) is 47.5 Å². The molecular weight excluding hydrogens is 164 g/mol. The van der Waals surface area contributed by atoms with E-state index in [0.717, 1.165) is 5.52 Å². The quantitative estimate of drug-likeness (QED) is 0.696. The van der Waals surface area contributed by atoms with Crippen LogP contribution in [0.3, 0.4) is 0 Å². The van der Waals surface area contributed by atoms with Crippen LogP contribution in [0.2, 0.25) is 0 Å². The van der Waals surface area contributed by atoms with E-state index in [1.54, 1.807) is 12.1 Å². The third-order valence-electron chi connectivity index (χ3n) is 2.02. The molecule has 3 nitrogen and oxygen atoms in total. The molecule has 0 fully saturated rings. The Hall–Kier alpha value is -1.77. The zero-order chi connectivity index (χ0) is 9.42. The average molecular weight is 174 g/mol. The Morgan fingerprint density at radius 1 is 1.46 bits per heavy atom. The van der Waals surface area contributed by atoms with Crippen molar-refractivity contribution >= 4 is 11.4 Å². The van der Waals surface area contributed by atoms with Crippen LogP contribution in [0.15, 0.2) is 30.6 Å². The van der Waals surface area contributed by atoms with Gasteiger partial charge in [0.05, 0.1) is 0 Å². The van der Waals surface area contributed by atoms with E-state index in [9.17, 15) is 4.79 Å². The molecule has 2 aromatic heterocycles. The van der Waals surface area contributed by atoms with Crippen LogP contribution in [-0.2, 0) is 0 Å². The predicted molar refractivity (Wildman–Crippen MR) is 50.7 cm³/mol. The van der Waals surface area contributed by atoms with Gasteiger partial charge in [-0.2, -0.15) is 0 Å². The molecule has 0 aliphatic carbocycles. The highest BCUT2D eigenvalue weighted by Gasteiger charge is 2.01. The Bertz CT molecular complexity index is 471. The number of hydrogen-bond donors (Lipinski definition) is 1. The van der Waals surface area contributed by atoms with Gasteiger partial charge in [-0.05, 0) is 30.7 Å². The Labute approximate surface area is 75.8 Å². The van der Waals surface area contributed by atoms with Gasteiger partial charge in [-0.15, -0.1) is 0 Å². The smallest absolute Gasteiger partial charge is 0.248 e. The highest BCUT2D eigenvalue weighted by Crippen LogP contribution is 2.10. The molecule has 1 amide bonds. The largest absolute Gasteiger partial charge is 0.366 e. The van der Waals surface area contributed by atoms with Crippen molar-refractivity contribution in [1.82, 2.24) is 4.40 Å². The fraction of sp³-hybridized carbons (Fsp3) is 0.100. The molecule has 2 N–H and O–H groups in total. The van der Waals surface area contributed by atoms with Gasteiger partial charge in [0.2, 0.25) is 5.91 Å². The van der Waals surface area contributed by atoms with E-state index >= 15 is 0 Å². The Morgan fingerprint density at radius 2 is 2.23 bits per heavy atom. The second-order valence-corrected chi connectivity index (χ2v) is 3.13. The lowest BCUT2D eigenvalue weighted by Gasteiger charge is -1.96. The van der Waals surface area contributed by atoms with Gasteiger partial charge in [-0.3, -0.25) is 4.79 Å². The molecule has 66 valence electrons. The SMILES string of the molecule is Cc1cc2cc(C(N)=O)ccn2c1. The third-order valence-corrected chi connectivity index (χ3v) is 2.02. The fourth-order valence-electron chi connectivity index (χ4n) is 1.41. The Kier molecular flexibility index (Phi) is 1.59. The second kappa shape index (κ2) is 2.62. The number of fused-ring (bicyclic) bond motifs is 1. The number of carbonyl (C=O) groups is 1. The summed E-state index contributed by atoms with van der Waals surface area (Å²) in [7, 11) is 0. The lowest BCUT2D eigenvalue weighted by atomic mass is 10.2. The molecule has 0 saturated carbocycles. The number of rotatable bonds is 1. The standard InChI is InChI=1S/C10H10N2O/c1-7-4-9-5-8(10(11)13)2-3-12(9)6-7/h2-6H,1H3,(H2,11,13). The summed E-state index contributed by atoms with van der Waals surface area (Å²) >= 11 is 0. The van der Waals surface area contributed by atoms with E-state index in [1.807, 2.05) is 29.8 Å². The van der Waals surface area contributed by atoms with Gasteiger partial charge in [0.25, 0.3) is 0 Å². The summed E-state index contributed by atoms with van der Waals surface area (Å²) in [6, 6.07) is 5.51. The lowest BCUT2D eigenvalue weighted by Crippen LogP contribution is -2.10. The van der Waals surface area contributed by atoms with Crippen molar-refractivity contribution < 1.29 is 4.79 Å². The van der Waals surface area contributed by atoms with Crippen LogP contribution in [0.5, 0.6) is 0 Å². The molecule has 0 aliphatic heterocycles. The third kappa shape index (κ3) is 1.28. The maximum Gasteiger partial charge on any atom is 0.248 e. The summed E-state index contributed by atoms with van der Waals surface area (Å²) in [4.78, 5) is 10.9. The van der Waals surface area contributed by atoms with E-state index in [4.69, 9.17) is 5.73 Å². The van der Waals surface area contributed by atoms with Crippen molar-refractivity contribution in [2.24, 2.45) is 5.73 Å². The minimum absolute atomic E-state index is 0.388. The first-order valence-electron chi connectivity index (χ1n) is 4.05. The first-order valence-corrected chi connectivity index (χ1v) is 4.05. The van der Waals surface area contributed by atoms with Crippen molar-refractivity contribution in [3.8, 4) is 0 Å². The zero-order valence-electron chi connectivity index (χ0n) is 7.32. The lowest BCUT2D eigenvalue weighted by molar-refractivity contribution is 0.100. The molecule has 2 aromatic rings. The summed E-state index contributed by atoms with van der Waals surface area (Å²) in [5.41, 5.74) is 7.87. The summed E-state index contributed by atoms with van der Waals surface area (Å²) in [5.74, 6) is -0.388. The molecule has 0 saturated heterocycles. The molecule has 0 bridgehead atoms. The van der Waals surface area contributed by atoms with Gasteiger partial charge in [-0.25, -0.2) is 0 Å². The number of hydrogen-bond acceptors (Lipinski definition) is 1. The highest BCUT2D eigenvalue weighted by molar-refractivity contribution is 5.93. The average Bonchev–Trinajstić information content (AvgIpc) is 2.42. The number of nitrogens with zero attached hydrogens (tertiary/aromatic N) is 1. The number of pyridine rings is 1. The monoisotopic (exact) mass is 174 g/mol. The van der Waals surface area contributed by atoms with Gasteiger partial charge in [-0.1, -0.05) is 0 Å². The van der Waals surface area contributed by atoms with E-state index in [1.165, 1.54) is 5.56 Å². The summed E-state index contributed by atoms with van der Waals surface area (Å²) < 4.78 is 1.96. The summed E-state index contributed by atoms with van der Waals surface area (Å²) in [6.07, 6.45) is 3.84. The number of aromatic nitrogens is 1. The predicted octanol–water partition coefficient (Wildman–Crippen LogP) is 1.35. The van der Waals surface area contributed by atoms with Crippen LogP contribution in [0.1, 0.15) is 15.9 Å². The van der Waals surface area contributed by atoms with Crippen LogP contribution in [0.4, 0.5) is 0 Å². The molecule has 2 heterocycles. The molecule has 0 spiro atoms. The normalized spacial score (nSPS) is 10.5. The van der Waals surface area contributed by atoms with Gasteiger partial charge in [0.1, 0.15) is 0 Å². The molecule has 0 aliphatic rings. The highest BCUT2D eigenvalue weighted by atomic mass is 16.1. The van der Waals surface area contributed by atoms with Gasteiger partial charge >= 0.3 is 0 Å². The van der Waals surface area contributed by atoms with E-state index in [0.29, 0.717) is 5.56 Å². The van der Waals surface area contributed by atoms with Gasteiger partial charge < -0.3 is 10.1 Å². The second-order valence-electron chi connectivity index (χ2n) is 3.13. The van der Waals surface area contributed by atoms with Crippen molar-refractivity contribution in [2.45, 2.75) is 6.92 Å². The van der Waals surface area contributed by atoms with Crippen LogP contribution in [-0.4, -0.2) is 10.3 Å². The van der Waals surface area contributed by atoms with E-state index < -0.39 is 0 Å².